The Balaban J connectivity index is 1.44. The van der Waals surface area contributed by atoms with E-state index in [-0.39, 0.29) is 5.43 Å². The summed E-state index contributed by atoms with van der Waals surface area (Å²) < 4.78 is 0. The highest BCUT2D eigenvalue weighted by molar-refractivity contribution is 5.78. The van der Waals surface area contributed by atoms with Crippen LogP contribution in [0.1, 0.15) is 104 Å². The Hall–Kier alpha value is -1.61. The molecular formula is C27H43NO2. The zero-order valence-corrected chi connectivity index (χ0v) is 19.5. The van der Waals surface area contributed by atoms with Crippen molar-refractivity contribution < 1.29 is 5.11 Å². The van der Waals surface area contributed by atoms with E-state index in [4.69, 9.17) is 0 Å². The van der Waals surface area contributed by atoms with Gasteiger partial charge < -0.3 is 10.1 Å². The molecule has 1 atom stereocenters. The molecule has 0 spiro atoms. The van der Waals surface area contributed by atoms with Gasteiger partial charge >= 0.3 is 0 Å². The number of hydrogen-bond donors (Lipinski definition) is 2. The number of rotatable bonds is 15. The minimum atomic E-state index is -0.496. The third kappa shape index (κ3) is 8.63. The molecule has 0 saturated carbocycles. The number of aromatic amines is 1. The molecule has 0 fully saturated rings. The summed E-state index contributed by atoms with van der Waals surface area (Å²) in [5, 5.41) is 11.0. The molecule has 0 saturated heterocycles. The average molecular weight is 414 g/mol. The molecule has 3 heteroatoms. The third-order valence-corrected chi connectivity index (χ3v) is 6.67. The van der Waals surface area contributed by atoms with Gasteiger partial charge in [-0.2, -0.15) is 0 Å². The monoisotopic (exact) mass is 413 g/mol. The van der Waals surface area contributed by atoms with E-state index < -0.39 is 5.60 Å². The van der Waals surface area contributed by atoms with E-state index in [1.165, 1.54) is 57.8 Å². The van der Waals surface area contributed by atoms with Crippen LogP contribution in [0, 0.1) is 5.92 Å². The van der Waals surface area contributed by atoms with Crippen LogP contribution >= 0.6 is 0 Å². The molecule has 1 unspecified atom stereocenters. The Bertz CT molecular complexity index is 791. The fraction of sp³-hybridized carbons (Fsp3) is 0.667. The quantitative estimate of drug-likeness (QED) is 0.304. The second kappa shape index (κ2) is 12.9. The van der Waals surface area contributed by atoms with Crippen LogP contribution in [0.15, 0.2) is 35.1 Å². The van der Waals surface area contributed by atoms with Crippen molar-refractivity contribution in [3.8, 4) is 0 Å². The SMILES string of the molecule is CC(C)C(C)(O)CCCCCCCCCCCCCc1cc(=O)c2ccccc2[nH]1. The maximum Gasteiger partial charge on any atom is 0.189 e. The summed E-state index contributed by atoms with van der Waals surface area (Å²) >= 11 is 0. The normalized spacial score (nSPS) is 13.8. The number of aryl methyl sites for hydroxylation is 1. The predicted octanol–water partition coefficient (Wildman–Crippen LogP) is 7.16. The van der Waals surface area contributed by atoms with Crippen LogP contribution in [0.5, 0.6) is 0 Å². The summed E-state index contributed by atoms with van der Waals surface area (Å²) in [5.74, 6) is 0.340. The summed E-state index contributed by atoms with van der Waals surface area (Å²) in [6.07, 6.45) is 16.0. The first-order chi connectivity index (χ1) is 14.4. The zero-order valence-electron chi connectivity index (χ0n) is 19.5. The van der Waals surface area contributed by atoms with E-state index >= 15 is 0 Å². The molecule has 1 aromatic heterocycles. The summed E-state index contributed by atoms with van der Waals surface area (Å²) in [6, 6.07) is 9.52. The molecular weight excluding hydrogens is 370 g/mol. The van der Waals surface area contributed by atoms with Crippen molar-refractivity contribution in [3.63, 3.8) is 0 Å². The first-order valence-electron chi connectivity index (χ1n) is 12.2. The molecule has 168 valence electrons. The minimum Gasteiger partial charge on any atom is -0.390 e. The maximum absolute atomic E-state index is 12.2. The molecule has 2 aromatic rings. The number of pyridine rings is 1. The largest absolute Gasteiger partial charge is 0.390 e. The topological polar surface area (TPSA) is 53.1 Å². The molecule has 2 rings (SSSR count). The van der Waals surface area contributed by atoms with Crippen molar-refractivity contribution in [3.05, 3.63) is 46.2 Å². The van der Waals surface area contributed by atoms with Crippen molar-refractivity contribution in [2.45, 2.75) is 110 Å². The number of fused-ring (bicyclic) bond motifs is 1. The molecule has 1 aromatic carbocycles. The number of benzene rings is 1. The number of aliphatic hydroxyl groups is 1. The van der Waals surface area contributed by atoms with Crippen LogP contribution in [0.25, 0.3) is 10.9 Å². The van der Waals surface area contributed by atoms with Crippen LogP contribution in [-0.4, -0.2) is 15.7 Å². The Labute approximate surface area is 183 Å². The van der Waals surface area contributed by atoms with Crippen molar-refractivity contribution in [1.82, 2.24) is 4.98 Å². The van der Waals surface area contributed by atoms with E-state index in [1.807, 2.05) is 31.2 Å². The van der Waals surface area contributed by atoms with Gasteiger partial charge in [0.05, 0.1) is 5.60 Å². The number of H-pyrrole nitrogens is 1. The van der Waals surface area contributed by atoms with E-state index in [2.05, 4.69) is 18.8 Å². The second-order valence-corrected chi connectivity index (χ2v) is 9.61. The van der Waals surface area contributed by atoms with E-state index in [0.29, 0.717) is 5.92 Å². The Kier molecular flexibility index (Phi) is 10.6. The van der Waals surface area contributed by atoms with Crippen LogP contribution < -0.4 is 5.43 Å². The highest BCUT2D eigenvalue weighted by atomic mass is 16.3. The number of hydrogen-bond acceptors (Lipinski definition) is 2. The van der Waals surface area contributed by atoms with Gasteiger partial charge in [-0.1, -0.05) is 90.2 Å². The lowest BCUT2D eigenvalue weighted by Gasteiger charge is -2.27. The fourth-order valence-electron chi connectivity index (χ4n) is 4.06. The maximum atomic E-state index is 12.2. The first kappa shape index (κ1) is 24.7. The van der Waals surface area contributed by atoms with Gasteiger partial charge in [0.15, 0.2) is 5.43 Å². The fourth-order valence-corrected chi connectivity index (χ4v) is 4.06. The molecule has 0 aliphatic carbocycles. The van der Waals surface area contributed by atoms with Gasteiger partial charge in [0.1, 0.15) is 0 Å². The first-order valence-corrected chi connectivity index (χ1v) is 12.2. The summed E-state index contributed by atoms with van der Waals surface area (Å²) in [5.41, 5.74) is 1.65. The van der Waals surface area contributed by atoms with Gasteiger partial charge in [-0.15, -0.1) is 0 Å². The Morgan fingerprint density at radius 3 is 2.00 bits per heavy atom. The number of para-hydroxylation sites is 1. The van der Waals surface area contributed by atoms with E-state index in [1.54, 1.807) is 6.07 Å². The van der Waals surface area contributed by atoms with Crippen LogP contribution in [0.4, 0.5) is 0 Å². The van der Waals surface area contributed by atoms with Crippen molar-refractivity contribution in [2.24, 2.45) is 5.92 Å². The zero-order chi connectivity index (χ0) is 21.8. The highest BCUT2D eigenvalue weighted by Gasteiger charge is 2.23. The van der Waals surface area contributed by atoms with Crippen molar-refractivity contribution in [1.29, 1.82) is 0 Å². The molecule has 0 aliphatic rings. The molecule has 2 N–H and O–H groups in total. The Morgan fingerprint density at radius 1 is 0.867 bits per heavy atom. The van der Waals surface area contributed by atoms with Gasteiger partial charge in [0.25, 0.3) is 0 Å². The lowest BCUT2D eigenvalue weighted by atomic mass is 9.87. The summed E-state index contributed by atoms with van der Waals surface area (Å²) in [6.45, 7) is 6.17. The minimum absolute atomic E-state index is 0.129. The van der Waals surface area contributed by atoms with Crippen LogP contribution in [-0.2, 0) is 6.42 Å². The van der Waals surface area contributed by atoms with E-state index in [0.717, 1.165) is 42.3 Å². The summed E-state index contributed by atoms with van der Waals surface area (Å²) in [7, 11) is 0. The second-order valence-electron chi connectivity index (χ2n) is 9.61. The van der Waals surface area contributed by atoms with Gasteiger partial charge in [0.2, 0.25) is 0 Å². The summed E-state index contributed by atoms with van der Waals surface area (Å²) in [4.78, 5) is 15.6. The molecule has 0 bridgehead atoms. The number of nitrogens with one attached hydrogen (secondary N) is 1. The van der Waals surface area contributed by atoms with Gasteiger partial charge in [-0.05, 0) is 44.2 Å². The lowest BCUT2D eigenvalue weighted by molar-refractivity contribution is 0.00307. The molecule has 30 heavy (non-hydrogen) atoms. The number of aromatic nitrogens is 1. The lowest BCUT2D eigenvalue weighted by Crippen LogP contribution is -2.30. The van der Waals surface area contributed by atoms with Gasteiger partial charge in [0, 0.05) is 22.7 Å². The smallest absolute Gasteiger partial charge is 0.189 e. The third-order valence-electron chi connectivity index (χ3n) is 6.67. The van der Waals surface area contributed by atoms with E-state index in [9.17, 15) is 9.90 Å². The van der Waals surface area contributed by atoms with Gasteiger partial charge in [-0.3, -0.25) is 4.79 Å². The highest BCUT2D eigenvalue weighted by Crippen LogP contribution is 2.23. The standard InChI is InChI=1S/C27H43NO2/c1-22(2)27(3,30)20-16-12-10-8-6-4-5-7-9-11-13-17-23-21-26(29)24-18-14-15-19-25(24)28-23/h14-15,18-19,21-22,30H,4-13,16-17,20H2,1-3H3,(H,28,29). The van der Waals surface area contributed by atoms with Gasteiger partial charge in [-0.25, -0.2) is 0 Å². The predicted molar refractivity (Wildman–Crippen MR) is 129 cm³/mol. The number of unbranched alkanes of at least 4 members (excludes halogenated alkanes) is 10. The molecule has 0 aliphatic heterocycles. The molecule has 1 heterocycles. The van der Waals surface area contributed by atoms with Crippen molar-refractivity contribution in [2.75, 3.05) is 0 Å². The molecule has 0 radical (unpaired) electrons. The average Bonchev–Trinajstić information content (AvgIpc) is 2.71. The van der Waals surface area contributed by atoms with Crippen LogP contribution in [0.3, 0.4) is 0 Å². The molecule has 3 nitrogen and oxygen atoms in total. The molecule has 0 amide bonds. The van der Waals surface area contributed by atoms with Crippen molar-refractivity contribution >= 4 is 10.9 Å². The Morgan fingerprint density at radius 2 is 1.40 bits per heavy atom. The van der Waals surface area contributed by atoms with Crippen LogP contribution in [0.2, 0.25) is 0 Å².